The van der Waals surface area contributed by atoms with Crippen LogP contribution >= 0.6 is 21.6 Å². The third kappa shape index (κ3) is 6.62. The van der Waals surface area contributed by atoms with E-state index in [0.29, 0.717) is 0 Å². The summed E-state index contributed by atoms with van der Waals surface area (Å²) in [5.74, 6) is 0. The van der Waals surface area contributed by atoms with Crippen molar-refractivity contribution >= 4 is 21.6 Å². The molecule has 0 aromatic heterocycles. The van der Waals surface area contributed by atoms with E-state index >= 15 is 0 Å². The van der Waals surface area contributed by atoms with Crippen molar-refractivity contribution in [1.29, 1.82) is 0 Å². The van der Waals surface area contributed by atoms with E-state index < -0.39 is 10.9 Å². The molecule has 8 heavy (non-hydrogen) atoms. The summed E-state index contributed by atoms with van der Waals surface area (Å²) in [5, 5.41) is 17.3. The van der Waals surface area contributed by atoms with E-state index in [1.54, 1.807) is 13.8 Å². The summed E-state index contributed by atoms with van der Waals surface area (Å²) in [4.78, 5) is 0. The quantitative estimate of drug-likeness (QED) is 0.471. The van der Waals surface area contributed by atoms with Crippen molar-refractivity contribution in [3.05, 3.63) is 0 Å². The lowest BCUT2D eigenvalue weighted by molar-refractivity contribution is 0.281. The van der Waals surface area contributed by atoms with Crippen molar-refractivity contribution in [1.82, 2.24) is 0 Å². The van der Waals surface area contributed by atoms with Crippen LogP contribution in [0.25, 0.3) is 0 Å². The van der Waals surface area contributed by atoms with Crippen LogP contribution in [0.1, 0.15) is 13.8 Å². The largest absolute Gasteiger partial charge is 0.382 e. The average molecular weight is 154 g/mol. The molecule has 0 unspecified atom stereocenters. The normalized spacial score (nSPS) is 18.0. The predicted octanol–water partition coefficient (Wildman–Crippen LogP) is 1.04. The fourth-order valence-corrected chi connectivity index (χ4v) is 1.45. The van der Waals surface area contributed by atoms with Gasteiger partial charge in [-0.2, -0.15) is 0 Å². The molecule has 0 spiro atoms. The Labute approximate surface area is 57.1 Å². The first-order valence-corrected chi connectivity index (χ1v) is 4.59. The van der Waals surface area contributed by atoms with E-state index in [-0.39, 0.29) is 0 Å². The Bertz CT molecular complexity index is 48.0. The second kappa shape index (κ2) is 4.49. The fraction of sp³-hybridized carbons (Fsp3) is 1.00. The molecule has 2 nitrogen and oxygen atoms in total. The molecule has 0 aromatic carbocycles. The molecule has 0 fully saturated rings. The molecule has 0 aromatic rings. The molecule has 0 saturated carbocycles. The Morgan fingerprint density at radius 2 is 1.25 bits per heavy atom. The number of hydrogen-bond donors (Lipinski definition) is 2. The van der Waals surface area contributed by atoms with E-state index in [1.807, 2.05) is 0 Å². The highest BCUT2D eigenvalue weighted by Gasteiger charge is 1.99. The van der Waals surface area contributed by atoms with Crippen molar-refractivity contribution in [2.45, 2.75) is 24.7 Å². The van der Waals surface area contributed by atoms with Gasteiger partial charge in [0.25, 0.3) is 0 Å². The van der Waals surface area contributed by atoms with Crippen LogP contribution in [0.2, 0.25) is 0 Å². The lowest BCUT2D eigenvalue weighted by Gasteiger charge is -2.03. The summed E-state index contributed by atoms with van der Waals surface area (Å²) in [7, 11) is 2.52. The molecule has 0 amide bonds. The molecular weight excluding hydrogens is 144 g/mol. The van der Waals surface area contributed by atoms with Crippen molar-refractivity contribution in [3.63, 3.8) is 0 Å². The summed E-state index contributed by atoms with van der Waals surface area (Å²) in [5.41, 5.74) is -0.788. The van der Waals surface area contributed by atoms with Gasteiger partial charge < -0.3 is 10.2 Å². The highest BCUT2D eigenvalue weighted by molar-refractivity contribution is 8.77. The molecule has 0 bridgehead atoms. The number of rotatable bonds is 3. The van der Waals surface area contributed by atoms with Crippen LogP contribution in [-0.2, 0) is 0 Å². The molecule has 2 N–H and O–H groups in total. The van der Waals surface area contributed by atoms with Gasteiger partial charge >= 0.3 is 0 Å². The summed E-state index contributed by atoms with van der Waals surface area (Å²) >= 11 is 0. The van der Waals surface area contributed by atoms with Gasteiger partial charge in [0.05, 0.1) is 0 Å². The van der Waals surface area contributed by atoms with Crippen LogP contribution in [0.3, 0.4) is 0 Å². The molecule has 0 saturated heterocycles. The SMILES string of the molecule is C[C@@H](O)SS[C@@H](C)O. The molecule has 0 aliphatic heterocycles. The summed E-state index contributed by atoms with van der Waals surface area (Å²) < 4.78 is 0. The molecule has 0 aliphatic carbocycles. The third-order valence-electron chi connectivity index (χ3n) is 0.334. The van der Waals surface area contributed by atoms with Crippen molar-refractivity contribution < 1.29 is 10.2 Å². The van der Waals surface area contributed by atoms with Crippen molar-refractivity contribution in [3.8, 4) is 0 Å². The molecule has 50 valence electrons. The van der Waals surface area contributed by atoms with Gasteiger partial charge in [-0.15, -0.1) is 0 Å². The standard InChI is InChI=1S/C4H10O2S2/c1-3(5)7-8-4(2)6/h3-6H,1-2H3/t3-,4-/m0/s1. The van der Waals surface area contributed by atoms with Gasteiger partial charge in [0.1, 0.15) is 10.9 Å². The fourth-order valence-electron chi connectivity index (χ4n) is 0.161. The van der Waals surface area contributed by atoms with Gasteiger partial charge in [0.2, 0.25) is 0 Å². The van der Waals surface area contributed by atoms with E-state index in [9.17, 15) is 0 Å². The molecule has 2 atom stereocenters. The highest BCUT2D eigenvalue weighted by Crippen LogP contribution is 2.27. The summed E-state index contributed by atoms with van der Waals surface area (Å²) in [6, 6.07) is 0. The second-order valence-corrected chi connectivity index (χ2v) is 4.30. The Kier molecular flexibility index (Phi) is 4.84. The zero-order chi connectivity index (χ0) is 6.57. The Morgan fingerprint density at radius 3 is 1.38 bits per heavy atom. The van der Waals surface area contributed by atoms with E-state index in [2.05, 4.69) is 0 Å². The van der Waals surface area contributed by atoms with E-state index in [4.69, 9.17) is 10.2 Å². The van der Waals surface area contributed by atoms with Crippen LogP contribution < -0.4 is 0 Å². The maximum absolute atomic E-state index is 8.63. The number of aliphatic hydroxyl groups excluding tert-OH is 2. The van der Waals surface area contributed by atoms with Crippen LogP contribution in [0.15, 0.2) is 0 Å². The van der Waals surface area contributed by atoms with Crippen LogP contribution in [0.5, 0.6) is 0 Å². The van der Waals surface area contributed by atoms with Gasteiger partial charge in [0, 0.05) is 0 Å². The minimum atomic E-state index is -0.394. The van der Waals surface area contributed by atoms with Gasteiger partial charge in [-0.25, -0.2) is 0 Å². The van der Waals surface area contributed by atoms with Gasteiger partial charge in [0.15, 0.2) is 0 Å². The average Bonchev–Trinajstić information content (AvgIpc) is 1.61. The first-order chi connectivity index (χ1) is 3.63. The summed E-state index contributed by atoms with van der Waals surface area (Å²) in [6.07, 6.45) is 0. The van der Waals surface area contributed by atoms with Crippen molar-refractivity contribution in [2.75, 3.05) is 0 Å². The maximum Gasteiger partial charge on any atom is 0.107 e. The first kappa shape index (κ1) is 8.62. The van der Waals surface area contributed by atoms with E-state index in [1.165, 1.54) is 21.6 Å². The zero-order valence-electron chi connectivity index (χ0n) is 4.87. The predicted molar refractivity (Wildman–Crippen MR) is 38.5 cm³/mol. The minimum absolute atomic E-state index is 0.394. The van der Waals surface area contributed by atoms with E-state index in [0.717, 1.165) is 0 Å². The van der Waals surface area contributed by atoms with Crippen LogP contribution in [0, 0.1) is 0 Å². The lowest BCUT2D eigenvalue weighted by atomic mass is 10.9. The summed E-state index contributed by atoms with van der Waals surface area (Å²) in [6.45, 7) is 3.33. The van der Waals surface area contributed by atoms with Crippen LogP contribution in [0.4, 0.5) is 0 Å². The van der Waals surface area contributed by atoms with Crippen LogP contribution in [-0.4, -0.2) is 21.1 Å². The van der Waals surface area contributed by atoms with Gasteiger partial charge in [-0.05, 0) is 13.8 Å². The smallest absolute Gasteiger partial charge is 0.107 e. The third-order valence-corrected chi connectivity index (χ3v) is 3.01. The Morgan fingerprint density at radius 1 is 1.00 bits per heavy atom. The Hall–Kier alpha value is 0.620. The van der Waals surface area contributed by atoms with Gasteiger partial charge in [-0.3, -0.25) is 0 Å². The molecule has 0 radical (unpaired) electrons. The molecule has 0 heterocycles. The molecule has 0 aliphatic rings. The monoisotopic (exact) mass is 154 g/mol. The van der Waals surface area contributed by atoms with Crippen molar-refractivity contribution in [2.24, 2.45) is 0 Å². The lowest BCUT2D eigenvalue weighted by Crippen LogP contribution is -1.93. The zero-order valence-corrected chi connectivity index (χ0v) is 6.50. The molecule has 0 rings (SSSR count). The van der Waals surface area contributed by atoms with Gasteiger partial charge in [-0.1, -0.05) is 21.6 Å². The first-order valence-electron chi connectivity index (χ1n) is 2.31. The Balaban J connectivity index is 2.93. The minimum Gasteiger partial charge on any atom is -0.382 e. The molecule has 4 heteroatoms. The number of hydrogen-bond acceptors (Lipinski definition) is 4. The topological polar surface area (TPSA) is 40.5 Å². The maximum atomic E-state index is 8.63. The molecular formula is C4H10O2S2. The highest BCUT2D eigenvalue weighted by atomic mass is 33.1. The second-order valence-electron chi connectivity index (χ2n) is 1.39. The number of aliphatic hydroxyl groups is 2.